The first-order chi connectivity index (χ1) is 9.50. The maximum absolute atomic E-state index is 4.92. The van der Waals surface area contributed by atoms with E-state index in [-0.39, 0.29) is 0 Å². The Bertz CT molecular complexity index is 343. The van der Waals surface area contributed by atoms with Crippen LogP contribution in [0, 0.1) is 0 Å². The van der Waals surface area contributed by atoms with Gasteiger partial charge in [0.15, 0.2) is 5.17 Å². The van der Waals surface area contributed by atoms with Crippen molar-refractivity contribution in [1.82, 2.24) is 4.90 Å². The van der Waals surface area contributed by atoms with Crippen LogP contribution in [0.5, 0.6) is 0 Å². The van der Waals surface area contributed by atoms with Crippen LogP contribution in [0.1, 0.15) is 66.2 Å². The maximum Gasteiger partial charge on any atom is 0.160 e. The molecule has 0 aromatic heterocycles. The number of fused-ring (bicyclic) bond motifs is 1. The van der Waals surface area contributed by atoms with E-state index in [1.165, 1.54) is 43.7 Å². The zero-order valence-electron chi connectivity index (χ0n) is 13.3. The van der Waals surface area contributed by atoms with Gasteiger partial charge in [0, 0.05) is 27.3 Å². The molecule has 0 radical (unpaired) electrons. The van der Waals surface area contributed by atoms with Crippen LogP contribution < -0.4 is 0 Å². The normalized spacial score (nSPS) is 34.2. The van der Waals surface area contributed by atoms with E-state index in [0.29, 0.717) is 18.1 Å². The number of nitrogens with zero attached hydrogens (tertiary/aromatic N) is 2. The second kappa shape index (κ2) is 7.70. The van der Waals surface area contributed by atoms with Gasteiger partial charge in [-0.2, -0.15) is 0 Å². The van der Waals surface area contributed by atoms with E-state index in [1.807, 2.05) is 0 Å². The fourth-order valence-electron chi connectivity index (χ4n) is 3.31. The first kappa shape index (κ1) is 16.9. The quantitative estimate of drug-likeness (QED) is 0.467. The van der Waals surface area contributed by atoms with Gasteiger partial charge >= 0.3 is 0 Å². The second-order valence-corrected chi connectivity index (χ2v) is 9.41. The topological polar surface area (TPSA) is 15.6 Å². The van der Waals surface area contributed by atoms with Gasteiger partial charge in [-0.25, -0.2) is 0 Å². The summed E-state index contributed by atoms with van der Waals surface area (Å²) < 4.78 is 0.793. The van der Waals surface area contributed by atoms with Crippen molar-refractivity contribution in [3.8, 4) is 0 Å². The molecule has 1 heterocycles. The minimum atomic E-state index is 0.402. The van der Waals surface area contributed by atoms with Crippen molar-refractivity contribution in [3.05, 3.63) is 0 Å². The summed E-state index contributed by atoms with van der Waals surface area (Å²) in [7, 11) is 0. The molecule has 1 saturated carbocycles. The first-order valence-electron chi connectivity index (χ1n) is 8.17. The Morgan fingerprint density at radius 2 is 1.75 bits per heavy atom. The summed E-state index contributed by atoms with van der Waals surface area (Å²) in [5.74, 6) is 0. The van der Waals surface area contributed by atoms with Gasteiger partial charge in [-0.15, -0.1) is 0 Å². The standard InChI is InChI=1S/C16H29IN2S/c1-11(2)18-16-19(12(3)4)14-10-8-6-5-7-9-13(17)15(14)20-16/h11-15H,5-10H2,1-4H3. The molecule has 2 rings (SSSR count). The van der Waals surface area contributed by atoms with Gasteiger partial charge in [0.05, 0.1) is 0 Å². The average molecular weight is 408 g/mol. The molecule has 3 atom stereocenters. The average Bonchev–Trinajstić information content (AvgIpc) is 2.72. The molecule has 2 aliphatic rings. The third kappa shape index (κ3) is 4.05. The van der Waals surface area contributed by atoms with Crippen molar-refractivity contribution in [3.63, 3.8) is 0 Å². The second-order valence-electron chi connectivity index (χ2n) is 6.66. The molecule has 20 heavy (non-hydrogen) atoms. The molecular weight excluding hydrogens is 379 g/mol. The molecule has 0 aromatic rings. The van der Waals surface area contributed by atoms with Crippen LogP contribution in [0.4, 0.5) is 0 Å². The highest BCUT2D eigenvalue weighted by molar-refractivity contribution is 14.1. The monoisotopic (exact) mass is 408 g/mol. The van der Waals surface area contributed by atoms with E-state index in [2.05, 4.69) is 66.9 Å². The lowest BCUT2D eigenvalue weighted by Crippen LogP contribution is -2.43. The zero-order valence-corrected chi connectivity index (χ0v) is 16.3. The Balaban J connectivity index is 2.25. The van der Waals surface area contributed by atoms with Crippen molar-refractivity contribution in [2.75, 3.05) is 0 Å². The molecule has 2 fully saturated rings. The molecule has 1 aliphatic heterocycles. The molecule has 0 aromatic carbocycles. The van der Waals surface area contributed by atoms with Crippen molar-refractivity contribution < 1.29 is 0 Å². The van der Waals surface area contributed by atoms with E-state index in [9.17, 15) is 0 Å². The lowest BCUT2D eigenvalue weighted by atomic mass is 10.0. The van der Waals surface area contributed by atoms with Crippen LogP contribution >= 0.6 is 34.4 Å². The van der Waals surface area contributed by atoms with Crippen LogP contribution in [-0.4, -0.2) is 37.4 Å². The molecule has 116 valence electrons. The Hall–Kier alpha value is 0.550. The number of aliphatic imine (C=N–C) groups is 1. The number of thioether (sulfide) groups is 1. The molecule has 1 saturated heterocycles. The fraction of sp³-hybridized carbons (Fsp3) is 0.938. The molecule has 2 nitrogen and oxygen atoms in total. The van der Waals surface area contributed by atoms with Gasteiger partial charge < -0.3 is 4.90 Å². The highest BCUT2D eigenvalue weighted by Crippen LogP contribution is 2.42. The summed E-state index contributed by atoms with van der Waals surface area (Å²) in [4.78, 5) is 7.56. The van der Waals surface area contributed by atoms with Crippen LogP contribution in [0.2, 0.25) is 0 Å². The maximum atomic E-state index is 4.92. The number of alkyl halides is 1. The van der Waals surface area contributed by atoms with Gasteiger partial charge in [-0.3, -0.25) is 4.99 Å². The lowest BCUT2D eigenvalue weighted by Gasteiger charge is -2.33. The number of hydrogen-bond acceptors (Lipinski definition) is 2. The summed E-state index contributed by atoms with van der Waals surface area (Å²) in [6, 6.07) is 1.68. The number of amidine groups is 1. The van der Waals surface area contributed by atoms with Crippen LogP contribution in [-0.2, 0) is 0 Å². The molecule has 1 aliphatic carbocycles. The zero-order chi connectivity index (χ0) is 14.7. The van der Waals surface area contributed by atoms with Gasteiger partial charge in [0.1, 0.15) is 0 Å². The molecular formula is C16H29IN2S. The highest BCUT2D eigenvalue weighted by atomic mass is 127. The third-order valence-electron chi connectivity index (χ3n) is 4.21. The Kier molecular flexibility index (Phi) is 6.51. The highest BCUT2D eigenvalue weighted by Gasteiger charge is 2.43. The lowest BCUT2D eigenvalue weighted by molar-refractivity contribution is 0.253. The predicted molar refractivity (Wildman–Crippen MR) is 100 cm³/mol. The van der Waals surface area contributed by atoms with Gasteiger partial charge in [-0.05, 0) is 40.5 Å². The van der Waals surface area contributed by atoms with Gasteiger partial charge in [-0.1, -0.05) is 60.0 Å². The number of hydrogen-bond donors (Lipinski definition) is 0. The molecule has 0 bridgehead atoms. The molecule has 4 heteroatoms. The Labute approximate surface area is 142 Å². The summed E-state index contributed by atoms with van der Waals surface area (Å²) in [6.45, 7) is 9.04. The van der Waals surface area contributed by atoms with Crippen molar-refractivity contribution in [2.45, 2.75) is 93.5 Å². The largest absolute Gasteiger partial charge is 0.345 e. The van der Waals surface area contributed by atoms with Crippen molar-refractivity contribution in [2.24, 2.45) is 4.99 Å². The SMILES string of the molecule is CC(C)N=C1SC2C(I)CCCCCCC2N1C(C)C. The minimum Gasteiger partial charge on any atom is -0.345 e. The van der Waals surface area contributed by atoms with Crippen LogP contribution in [0.25, 0.3) is 0 Å². The Morgan fingerprint density at radius 3 is 2.35 bits per heavy atom. The van der Waals surface area contributed by atoms with Crippen LogP contribution in [0.15, 0.2) is 4.99 Å². The number of rotatable bonds is 2. The van der Waals surface area contributed by atoms with E-state index in [0.717, 1.165) is 9.17 Å². The van der Waals surface area contributed by atoms with E-state index >= 15 is 0 Å². The first-order valence-corrected chi connectivity index (χ1v) is 10.3. The minimum absolute atomic E-state index is 0.402. The fourth-order valence-corrected chi connectivity index (χ4v) is 6.36. The number of halogens is 1. The summed E-state index contributed by atoms with van der Waals surface area (Å²) in [6.07, 6.45) is 8.39. The molecule has 0 spiro atoms. The summed E-state index contributed by atoms with van der Waals surface area (Å²) >= 11 is 4.78. The van der Waals surface area contributed by atoms with Gasteiger partial charge in [0.2, 0.25) is 0 Å². The smallest absolute Gasteiger partial charge is 0.160 e. The summed E-state index contributed by atoms with van der Waals surface area (Å²) in [5, 5.41) is 2.06. The van der Waals surface area contributed by atoms with Crippen LogP contribution in [0.3, 0.4) is 0 Å². The molecule has 0 amide bonds. The third-order valence-corrected chi connectivity index (χ3v) is 7.54. The van der Waals surface area contributed by atoms with E-state index in [4.69, 9.17) is 4.99 Å². The van der Waals surface area contributed by atoms with E-state index in [1.54, 1.807) is 0 Å². The van der Waals surface area contributed by atoms with Crippen molar-refractivity contribution >= 4 is 39.5 Å². The summed E-state index contributed by atoms with van der Waals surface area (Å²) in [5.41, 5.74) is 0. The Morgan fingerprint density at radius 1 is 1.10 bits per heavy atom. The molecule has 0 N–H and O–H groups in total. The van der Waals surface area contributed by atoms with Gasteiger partial charge in [0.25, 0.3) is 0 Å². The van der Waals surface area contributed by atoms with E-state index < -0.39 is 0 Å². The molecule has 3 unspecified atom stereocenters. The predicted octanol–water partition coefficient (Wildman–Crippen LogP) is 5.10. The van der Waals surface area contributed by atoms with Crippen molar-refractivity contribution in [1.29, 1.82) is 0 Å².